The number of hydrogen-bond donors (Lipinski definition) is 1. The number of benzene rings is 1. The predicted octanol–water partition coefficient (Wildman–Crippen LogP) is 2.41. The van der Waals surface area contributed by atoms with Gasteiger partial charge in [0.15, 0.2) is 0 Å². The minimum absolute atomic E-state index is 0.317. The van der Waals surface area contributed by atoms with Crippen LogP contribution in [0.25, 0.3) is 6.08 Å². The molecule has 0 spiro atoms. The van der Waals surface area contributed by atoms with Crippen molar-refractivity contribution in [2.45, 2.75) is 6.92 Å². The quantitative estimate of drug-likeness (QED) is 0.384. The zero-order valence-corrected chi connectivity index (χ0v) is 10.9. The maximum atomic E-state index is 11.4. The SMILES string of the molecule is CCOC(=O)c1ccc(/C=C/C=C(\C#N)C(=O)O)cc1. The summed E-state index contributed by atoms with van der Waals surface area (Å²) in [6, 6.07) is 8.20. The molecule has 1 N–H and O–H groups in total. The molecular weight excluding hydrogens is 258 g/mol. The summed E-state index contributed by atoms with van der Waals surface area (Å²) in [5, 5.41) is 17.2. The van der Waals surface area contributed by atoms with E-state index >= 15 is 0 Å². The maximum Gasteiger partial charge on any atom is 0.346 e. The molecule has 20 heavy (non-hydrogen) atoms. The van der Waals surface area contributed by atoms with Crippen molar-refractivity contribution in [3.05, 3.63) is 53.1 Å². The monoisotopic (exact) mass is 271 g/mol. The number of allylic oxidation sites excluding steroid dienone is 2. The lowest BCUT2D eigenvalue weighted by Gasteiger charge is -2.01. The molecule has 102 valence electrons. The van der Waals surface area contributed by atoms with Gasteiger partial charge in [0.1, 0.15) is 11.6 Å². The lowest BCUT2D eigenvalue weighted by molar-refractivity contribution is -0.132. The summed E-state index contributed by atoms with van der Waals surface area (Å²) < 4.78 is 4.85. The van der Waals surface area contributed by atoms with E-state index in [2.05, 4.69) is 0 Å². The molecule has 0 aliphatic heterocycles. The van der Waals surface area contributed by atoms with E-state index in [4.69, 9.17) is 15.1 Å². The van der Waals surface area contributed by atoms with Gasteiger partial charge >= 0.3 is 11.9 Å². The van der Waals surface area contributed by atoms with Crippen LogP contribution in [-0.4, -0.2) is 23.7 Å². The van der Waals surface area contributed by atoms with Crippen molar-refractivity contribution in [2.75, 3.05) is 6.61 Å². The first kappa shape index (κ1) is 15.2. The number of rotatable bonds is 5. The number of carbonyl (C=O) groups is 2. The molecule has 0 radical (unpaired) electrons. The number of carboxylic acid groups (broad SMARTS) is 1. The Morgan fingerprint density at radius 2 is 2.00 bits per heavy atom. The summed E-state index contributed by atoms with van der Waals surface area (Å²) in [5.74, 6) is -1.66. The van der Waals surface area contributed by atoms with Gasteiger partial charge in [0.05, 0.1) is 12.2 Å². The van der Waals surface area contributed by atoms with E-state index < -0.39 is 5.97 Å². The number of aliphatic carboxylic acids is 1. The van der Waals surface area contributed by atoms with Gasteiger partial charge in [-0.3, -0.25) is 0 Å². The van der Waals surface area contributed by atoms with E-state index in [0.29, 0.717) is 12.2 Å². The molecule has 1 aromatic rings. The van der Waals surface area contributed by atoms with Gasteiger partial charge in [-0.25, -0.2) is 9.59 Å². The third-order valence-corrected chi connectivity index (χ3v) is 2.32. The molecule has 0 heterocycles. The number of ether oxygens (including phenoxy) is 1. The van der Waals surface area contributed by atoms with Gasteiger partial charge in [0, 0.05) is 0 Å². The highest BCUT2D eigenvalue weighted by Gasteiger charge is 2.05. The minimum atomic E-state index is -1.27. The molecule has 0 aliphatic carbocycles. The third-order valence-electron chi connectivity index (χ3n) is 2.32. The predicted molar refractivity (Wildman–Crippen MR) is 72.8 cm³/mol. The van der Waals surface area contributed by atoms with E-state index in [1.807, 2.05) is 0 Å². The van der Waals surface area contributed by atoms with Crippen LogP contribution in [0.4, 0.5) is 0 Å². The number of nitrogens with zero attached hydrogens (tertiary/aromatic N) is 1. The van der Waals surface area contributed by atoms with Crippen LogP contribution in [0.3, 0.4) is 0 Å². The molecule has 1 rings (SSSR count). The van der Waals surface area contributed by atoms with Crippen LogP contribution in [0.2, 0.25) is 0 Å². The second kappa shape index (κ2) is 7.54. The number of nitriles is 1. The standard InChI is InChI=1S/C15H13NO4/c1-2-20-15(19)12-8-6-11(7-9-12)4-3-5-13(10-16)14(17)18/h3-9H,2H2,1H3,(H,17,18)/b4-3+,13-5+. The lowest BCUT2D eigenvalue weighted by Crippen LogP contribution is -2.03. The highest BCUT2D eigenvalue weighted by atomic mass is 16.5. The van der Waals surface area contributed by atoms with Crippen LogP contribution in [0.15, 0.2) is 42.0 Å². The molecule has 0 aromatic heterocycles. The Morgan fingerprint density at radius 1 is 1.35 bits per heavy atom. The zero-order valence-electron chi connectivity index (χ0n) is 10.9. The Hall–Kier alpha value is -2.87. The summed E-state index contributed by atoms with van der Waals surface area (Å²) in [7, 11) is 0. The molecule has 0 fully saturated rings. The minimum Gasteiger partial charge on any atom is -0.477 e. The normalized spacial score (nSPS) is 11.1. The highest BCUT2D eigenvalue weighted by Crippen LogP contribution is 2.08. The van der Waals surface area contributed by atoms with Crippen molar-refractivity contribution >= 4 is 18.0 Å². The molecule has 0 saturated carbocycles. The molecule has 0 saturated heterocycles. The van der Waals surface area contributed by atoms with Crippen LogP contribution < -0.4 is 0 Å². The zero-order chi connectivity index (χ0) is 15.0. The van der Waals surface area contributed by atoms with E-state index in [-0.39, 0.29) is 11.5 Å². The average Bonchev–Trinajstić information content (AvgIpc) is 2.44. The first-order valence-electron chi connectivity index (χ1n) is 5.87. The third kappa shape index (κ3) is 4.42. The largest absolute Gasteiger partial charge is 0.477 e. The van der Waals surface area contributed by atoms with Gasteiger partial charge in [-0.2, -0.15) is 5.26 Å². The fourth-order valence-corrected chi connectivity index (χ4v) is 1.36. The molecule has 5 heteroatoms. The van der Waals surface area contributed by atoms with Crippen molar-refractivity contribution in [1.82, 2.24) is 0 Å². The second-order valence-electron chi connectivity index (χ2n) is 3.70. The fraction of sp³-hybridized carbons (Fsp3) is 0.133. The summed E-state index contributed by atoms with van der Waals surface area (Å²) in [5.41, 5.74) is 0.879. The second-order valence-corrected chi connectivity index (χ2v) is 3.70. The van der Waals surface area contributed by atoms with Gasteiger partial charge < -0.3 is 9.84 Å². The fourth-order valence-electron chi connectivity index (χ4n) is 1.36. The average molecular weight is 271 g/mol. The summed E-state index contributed by atoms with van der Waals surface area (Å²) in [4.78, 5) is 22.0. The summed E-state index contributed by atoms with van der Waals surface area (Å²) >= 11 is 0. The number of esters is 1. The molecule has 0 bridgehead atoms. The van der Waals surface area contributed by atoms with Crippen LogP contribution in [0.5, 0.6) is 0 Å². The van der Waals surface area contributed by atoms with E-state index in [9.17, 15) is 9.59 Å². The highest BCUT2D eigenvalue weighted by molar-refractivity contribution is 5.91. The molecule has 1 aromatic carbocycles. The first-order chi connectivity index (χ1) is 9.58. The smallest absolute Gasteiger partial charge is 0.346 e. The first-order valence-corrected chi connectivity index (χ1v) is 5.87. The van der Waals surface area contributed by atoms with E-state index in [1.54, 1.807) is 43.3 Å². The van der Waals surface area contributed by atoms with Crippen molar-refractivity contribution in [2.24, 2.45) is 0 Å². The van der Waals surface area contributed by atoms with Crippen LogP contribution in [0, 0.1) is 11.3 Å². The van der Waals surface area contributed by atoms with Crippen LogP contribution in [0.1, 0.15) is 22.8 Å². The summed E-state index contributed by atoms with van der Waals surface area (Å²) in [6.07, 6.45) is 4.31. The van der Waals surface area contributed by atoms with Crippen molar-refractivity contribution in [3.8, 4) is 6.07 Å². The van der Waals surface area contributed by atoms with Crippen LogP contribution >= 0.6 is 0 Å². The maximum absolute atomic E-state index is 11.4. The van der Waals surface area contributed by atoms with E-state index in [1.165, 1.54) is 12.2 Å². The Kier molecular flexibility index (Phi) is 5.73. The molecule has 0 atom stereocenters. The van der Waals surface area contributed by atoms with Gasteiger partial charge in [-0.05, 0) is 30.7 Å². The van der Waals surface area contributed by atoms with Crippen molar-refractivity contribution < 1.29 is 19.4 Å². The number of hydrogen-bond acceptors (Lipinski definition) is 4. The van der Waals surface area contributed by atoms with Crippen molar-refractivity contribution in [1.29, 1.82) is 5.26 Å². The van der Waals surface area contributed by atoms with Gasteiger partial charge in [0.25, 0.3) is 0 Å². The van der Waals surface area contributed by atoms with E-state index in [0.717, 1.165) is 5.56 Å². The Morgan fingerprint density at radius 3 is 2.50 bits per heavy atom. The summed E-state index contributed by atoms with van der Waals surface area (Å²) in [6.45, 7) is 2.05. The number of carboxylic acids is 1. The Balaban J connectivity index is 2.78. The topological polar surface area (TPSA) is 87.4 Å². The lowest BCUT2D eigenvalue weighted by atomic mass is 10.1. The molecule has 0 unspecified atom stereocenters. The molecule has 0 aliphatic rings. The Bertz CT molecular complexity index is 591. The molecule has 0 amide bonds. The Labute approximate surface area is 116 Å². The van der Waals surface area contributed by atoms with Gasteiger partial charge in [0.2, 0.25) is 0 Å². The molecule has 5 nitrogen and oxygen atoms in total. The van der Waals surface area contributed by atoms with Crippen LogP contribution in [-0.2, 0) is 9.53 Å². The molecular formula is C15H13NO4. The van der Waals surface area contributed by atoms with Gasteiger partial charge in [-0.15, -0.1) is 0 Å². The van der Waals surface area contributed by atoms with Crippen molar-refractivity contribution in [3.63, 3.8) is 0 Å². The van der Waals surface area contributed by atoms with Gasteiger partial charge in [-0.1, -0.05) is 24.3 Å². The number of carbonyl (C=O) groups excluding carboxylic acids is 1.